The van der Waals surface area contributed by atoms with Crippen LogP contribution < -0.4 is 5.32 Å². The molecule has 2 aliphatic rings. The standard InChI is InChI=1S/C17H21N5O4S/c1-11-19-16(26-21-11)17-7-14(20-15(23)12-4-3-5-18-8-12)6-13(17)9-22(10-17)27(2,24)25/h3-5,8,13-14H,6-7,9-10H2,1-2H3,(H,20,23). The average Bonchev–Trinajstić information content (AvgIpc) is 3.27. The maximum atomic E-state index is 12.5. The summed E-state index contributed by atoms with van der Waals surface area (Å²) in [7, 11) is -3.32. The number of nitrogens with zero attached hydrogens (tertiary/aromatic N) is 4. The number of amides is 1. The van der Waals surface area contributed by atoms with Crippen molar-refractivity contribution in [2.75, 3.05) is 19.3 Å². The molecule has 1 N–H and O–H groups in total. The molecule has 144 valence electrons. The van der Waals surface area contributed by atoms with Crippen LogP contribution in [0, 0.1) is 12.8 Å². The Bertz CT molecular complexity index is 961. The van der Waals surface area contributed by atoms with Crippen LogP contribution >= 0.6 is 0 Å². The molecule has 1 aliphatic heterocycles. The lowest BCUT2D eigenvalue weighted by atomic mass is 9.80. The minimum Gasteiger partial charge on any atom is -0.349 e. The van der Waals surface area contributed by atoms with Gasteiger partial charge in [-0.25, -0.2) is 12.7 Å². The smallest absolute Gasteiger partial charge is 0.253 e. The fraction of sp³-hybridized carbons (Fsp3) is 0.529. The van der Waals surface area contributed by atoms with Crippen molar-refractivity contribution in [3.05, 3.63) is 41.8 Å². The van der Waals surface area contributed by atoms with Gasteiger partial charge in [-0.1, -0.05) is 5.16 Å². The summed E-state index contributed by atoms with van der Waals surface area (Å²) in [6, 6.07) is 3.32. The Morgan fingerprint density at radius 1 is 1.44 bits per heavy atom. The first-order valence-electron chi connectivity index (χ1n) is 8.75. The van der Waals surface area contributed by atoms with Crippen LogP contribution in [0.2, 0.25) is 0 Å². The van der Waals surface area contributed by atoms with E-state index in [9.17, 15) is 13.2 Å². The van der Waals surface area contributed by atoms with Crippen LogP contribution in [0.1, 0.15) is 34.9 Å². The number of sulfonamides is 1. The van der Waals surface area contributed by atoms with Gasteiger partial charge in [-0.15, -0.1) is 0 Å². The van der Waals surface area contributed by atoms with Gasteiger partial charge >= 0.3 is 0 Å². The molecule has 2 aromatic rings. The summed E-state index contributed by atoms with van der Waals surface area (Å²) in [6.45, 7) is 2.41. The Labute approximate surface area is 157 Å². The third kappa shape index (κ3) is 3.23. The molecule has 1 aliphatic carbocycles. The van der Waals surface area contributed by atoms with Gasteiger partial charge in [0.2, 0.25) is 15.9 Å². The van der Waals surface area contributed by atoms with E-state index in [0.29, 0.717) is 36.7 Å². The molecule has 3 unspecified atom stereocenters. The molecule has 0 bridgehead atoms. The normalized spacial score (nSPS) is 28.2. The first-order chi connectivity index (χ1) is 12.8. The Morgan fingerprint density at radius 2 is 2.26 bits per heavy atom. The van der Waals surface area contributed by atoms with Crippen LogP contribution in [0.15, 0.2) is 29.0 Å². The molecule has 1 amide bonds. The van der Waals surface area contributed by atoms with Crippen LogP contribution in [0.4, 0.5) is 0 Å². The Balaban J connectivity index is 1.59. The molecular formula is C17H21N5O4S. The van der Waals surface area contributed by atoms with E-state index >= 15 is 0 Å². The molecule has 2 aromatic heterocycles. The summed E-state index contributed by atoms with van der Waals surface area (Å²) < 4.78 is 31.1. The second-order valence-electron chi connectivity index (χ2n) is 7.41. The summed E-state index contributed by atoms with van der Waals surface area (Å²) >= 11 is 0. The third-order valence-corrected chi connectivity index (χ3v) is 6.74. The zero-order chi connectivity index (χ0) is 19.2. The van der Waals surface area contributed by atoms with Gasteiger partial charge in [-0.05, 0) is 37.8 Å². The second kappa shape index (κ2) is 6.38. The minimum absolute atomic E-state index is 0.00581. The summed E-state index contributed by atoms with van der Waals surface area (Å²) in [5, 5.41) is 6.93. The van der Waals surface area contributed by atoms with Crippen molar-refractivity contribution in [1.29, 1.82) is 0 Å². The van der Waals surface area contributed by atoms with Gasteiger partial charge in [0, 0.05) is 31.5 Å². The van der Waals surface area contributed by atoms with E-state index in [1.807, 2.05) is 0 Å². The second-order valence-corrected chi connectivity index (χ2v) is 9.39. The largest absolute Gasteiger partial charge is 0.349 e. The fourth-order valence-corrected chi connectivity index (χ4v) is 5.20. The predicted octanol–water partition coefficient (Wildman–Crippen LogP) is 0.495. The highest BCUT2D eigenvalue weighted by Gasteiger charge is 2.58. The van der Waals surface area contributed by atoms with Gasteiger partial charge in [-0.3, -0.25) is 9.78 Å². The van der Waals surface area contributed by atoms with Gasteiger partial charge in [0.25, 0.3) is 5.91 Å². The Hall–Kier alpha value is -2.33. The van der Waals surface area contributed by atoms with Crippen molar-refractivity contribution < 1.29 is 17.7 Å². The molecule has 10 heteroatoms. The lowest BCUT2D eigenvalue weighted by Gasteiger charge is -2.24. The van der Waals surface area contributed by atoms with Crippen LogP contribution in [-0.2, 0) is 15.4 Å². The molecule has 3 atom stereocenters. The van der Waals surface area contributed by atoms with Crippen LogP contribution in [-0.4, -0.2) is 59.1 Å². The molecule has 4 rings (SSSR count). The topological polar surface area (TPSA) is 118 Å². The number of carbonyl (C=O) groups excluding carboxylic acids is 1. The molecule has 27 heavy (non-hydrogen) atoms. The molecule has 1 saturated heterocycles. The maximum absolute atomic E-state index is 12.5. The number of fused-ring (bicyclic) bond motifs is 1. The fourth-order valence-electron chi connectivity index (χ4n) is 4.28. The number of nitrogens with one attached hydrogen (secondary N) is 1. The van der Waals surface area contributed by atoms with Gasteiger partial charge in [0.05, 0.1) is 17.2 Å². The first kappa shape index (κ1) is 18.1. The minimum atomic E-state index is -3.32. The molecule has 2 fully saturated rings. The monoisotopic (exact) mass is 391 g/mol. The van der Waals surface area contributed by atoms with Crippen molar-refractivity contribution in [3.63, 3.8) is 0 Å². The van der Waals surface area contributed by atoms with Crippen molar-refractivity contribution in [2.24, 2.45) is 5.92 Å². The summed E-state index contributed by atoms with van der Waals surface area (Å²) in [5.74, 6) is 0.782. The van der Waals surface area contributed by atoms with Crippen molar-refractivity contribution in [2.45, 2.75) is 31.2 Å². The highest BCUT2D eigenvalue weighted by atomic mass is 32.2. The first-order valence-corrected chi connectivity index (χ1v) is 10.6. The number of pyridine rings is 1. The van der Waals surface area contributed by atoms with Crippen LogP contribution in [0.5, 0.6) is 0 Å². The summed E-state index contributed by atoms with van der Waals surface area (Å²) in [6.07, 6.45) is 5.55. The van der Waals surface area contributed by atoms with Crippen molar-refractivity contribution >= 4 is 15.9 Å². The SMILES string of the molecule is Cc1noc(C23CC(NC(=O)c4cccnc4)CC2CN(S(C)(=O)=O)C3)n1. The number of hydrogen-bond donors (Lipinski definition) is 1. The highest BCUT2D eigenvalue weighted by Crippen LogP contribution is 2.50. The Kier molecular flexibility index (Phi) is 4.26. The van der Waals surface area contributed by atoms with E-state index < -0.39 is 15.4 Å². The summed E-state index contributed by atoms with van der Waals surface area (Å²) in [4.78, 5) is 20.8. The van der Waals surface area contributed by atoms with Crippen molar-refractivity contribution in [1.82, 2.24) is 24.7 Å². The molecule has 0 spiro atoms. The van der Waals surface area contributed by atoms with E-state index in [4.69, 9.17) is 4.52 Å². The zero-order valence-corrected chi connectivity index (χ0v) is 15.9. The predicted molar refractivity (Wildman–Crippen MR) is 95.3 cm³/mol. The molecule has 1 saturated carbocycles. The van der Waals surface area contributed by atoms with E-state index in [2.05, 4.69) is 20.4 Å². The number of aryl methyl sites for hydroxylation is 1. The quantitative estimate of drug-likeness (QED) is 0.806. The number of aromatic nitrogens is 3. The van der Waals surface area contributed by atoms with Crippen molar-refractivity contribution in [3.8, 4) is 0 Å². The maximum Gasteiger partial charge on any atom is 0.253 e. The third-order valence-electron chi connectivity index (χ3n) is 5.53. The van der Waals surface area contributed by atoms with Gasteiger partial charge in [-0.2, -0.15) is 4.98 Å². The molecule has 0 radical (unpaired) electrons. The van der Waals surface area contributed by atoms with E-state index in [-0.39, 0.29) is 24.4 Å². The van der Waals surface area contributed by atoms with Gasteiger partial charge < -0.3 is 9.84 Å². The lowest BCUT2D eigenvalue weighted by Crippen LogP contribution is -2.39. The highest BCUT2D eigenvalue weighted by molar-refractivity contribution is 7.88. The van der Waals surface area contributed by atoms with E-state index in [1.54, 1.807) is 25.3 Å². The Morgan fingerprint density at radius 3 is 2.89 bits per heavy atom. The molecular weight excluding hydrogens is 370 g/mol. The zero-order valence-electron chi connectivity index (χ0n) is 15.1. The van der Waals surface area contributed by atoms with Crippen LogP contribution in [0.3, 0.4) is 0 Å². The number of carbonyl (C=O) groups is 1. The lowest BCUT2D eigenvalue weighted by molar-refractivity contribution is 0.0934. The molecule has 3 heterocycles. The van der Waals surface area contributed by atoms with E-state index in [0.717, 1.165) is 0 Å². The average molecular weight is 391 g/mol. The summed E-state index contributed by atoms with van der Waals surface area (Å²) in [5.41, 5.74) is -0.0768. The van der Waals surface area contributed by atoms with Crippen LogP contribution in [0.25, 0.3) is 0 Å². The number of hydrogen-bond acceptors (Lipinski definition) is 7. The molecule has 0 aromatic carbocycles. The van der Waals surface area contributed by atoms with Gasteiger partial charge in [0.15, 0.2) is 5.82 Å². The van der Waals surface area contributed by atoms with E-state index in [1.165, 1.54) is 16.8 Å². The van der Waals surface area contributed by atoms with Gasteiger partial charge in [0.1, 0.15) is 0 Å². The molecule has 9 nitrogen and oxygen atoms in total. The number of rotatable bonds is 4.